The molecule has 1 unspecified atom stereocenters. The Balaban J connectivity index is 1.99. The first kappa shape index (κ1) is 20.2. The molecular weight excluding hydrogens is 332 g/mol. The van der Waals surface area contributed by atoms with Gasteiger partial charge in [-0.25, -0.2) is 4.79 Å². The molecule has 0 radical (unpaired) electrons. The van der Waals surface area contributed by atoms with Crippen LogP contribution in [0.3, 0.4) is 0 Å². The number of methoxy groups -OCH3 is 1. The highest BCUT2D eigenvalue weighted by molar-refractivity contribution is 5.78. The summed E-state index contributed by atoms with van der Waals surface area (Å²) >= 11 is 0. The van der Waals surface area contributed by atoms with E-state index in [1.165, 1.54) is 0 Å². The maximum absolute atomic E-state index is 12.5. The predicted molar refractivity (Wildman–Crippen MR) is 101 cm³/mol. The number of nitrogens with two attached hydrogens (primary N) is 1. The highest BCUT2D eigenvalue weighted by Crippen LogP contribution is 2.28. The molecule has 1 heterocycles. The number of aryl methyl sites for hydroxylation is 1. The summed E-state index contributed by atoms with van der Waals surface area (Å²) in [5, 5.41) is 9.03. The fourth-order valence-electron chi connectivity index (χ4n) is 3.49. The molecule has 1 aromatic rings. The second kappa shape index (κ2) is 9.54. The van der Waals surface area contributed by atoms with Gasteiger partial charge < -0.3 is 26.4 Å². The number of ether oxygens (including phenoxy) is 1. The van der Waals surface area contributed by atoms with Gasteiger partial charge in [-0.3, -0.25) is 4.79 Å². The quantitative estimate of drug-likeness (QED) is 0.558. The van der Waals surface area contributed by atoms with Gasteiger partial charge in [-0.1, -0.05) is 29.8 Å². The lowest BCUT2D eigenvalue weighted by Gasteiger charge is -2.37. The lowest BCUT2D eigenvalue weighted by Crippen LogP contribution is -2.47. The molecule has 1 fully saturated rings. The Bertz CT molecular complexity index is 609. The van der Waals surface area contributed by atoms with Crippen molar-refractivity contribution >= 4 is 11.9 Å². The molecule has 1 aromatic carbocycles. The van der Waals surface area contributed by atoms with Gasteiger partial charge in [0.15, 0.2) is 0 Å². The van der Waals surface area contributed by atoms with Crippen LogP contribution in [0.5, 0.6) is 0 Å². The Hall–Kier alpha value is -2.12. The molecular formula is C19H30N4O3. The molecule has 0 saturated carbocycles. The lowest BCUT2D eigenvalue weighted by molar-refractivity contribution is -0.122. The lowest BCUT2D eigenvalue weighted by atomic mass is 9.79. The summed E-state index contributed by atoms with van der Waals surface area (Å²) < 4.78 is 5.38. The molecule has 5 N–H and O–H groups in total. The summed E-state index contributed by atoms with van der Waals surface area (Å²) in [5.74, 6) is -0.112. The van der Waals surface area contributed by atoms with E-state index in [0.717, 1.165) is 37.1 Å². The third kappa shape index (κ3) is 6.00. The minimum Gasteiger partial charge on any atom is -0.384 e. The van der Waals surface area contributed by atoms with Gasteiger partial charge in [0.25, 0.3) is 0 Å². The molecule has 7 nitrogen and oxygen atoms in total. The van der Waals surface area contributed by atoms with E-state index in [-0.39, 0.29) is 17.7 Å². The van der Waals surface area contributed by atoms with Gasteiger partial charge in [0.2, 0.25) is 5.91 Å². The minimum absolute atomic E-state index is 0.0361. The number of carbonyl (C=O) groups is 2. The fraction of sp³-hybridized carbons (Fsp3) is 0.579. The summed E-state index contributed by atoms with van der Waals surface area (Å²) in [4.78, 5) is 23.9. The summed E-state index contributed by atoms with van der Waals surface area (Å²) in [6, 6.07) is 6.63. The number of hydrogen-bond donors (Lipinski definition) is 4. The van der Waals surface area contributed by atoms with E-state index in [4.69, 9.17) is 10.5 Å². The molecule has 1 aliphatic heterocycles. The van der Waals surface area contributed by atoms with Gasteiger partial charge in [-0.15, -0.1) is 0 Å². The number of nitrogens with one attached hydrogen (secondary N) is 3. The monoisotopic (exact) mass is 362 g/mol. The Morgan fingerprint density at radius 3 is 2.69 bits per heavy atom. The largest absolute Gasteiger partial charge is 0.384 e. The highest BCUT2D eigenvalue weighted by atomic mass is 16.5. The molecule has 0 aliphatic carbocycles. The first-order valence-electron chi connectivity index (χ1n) is 9.03. The topological polar surface area (TPSA) is 105 Å². The summed E-state index contributed by atoms with van der Waals surface area (Å²) in [5.41, 5.74) is 7.19. The van der Waals surface area contributed by atoms with Gasteiger partial charge in [0.05, 0.1) is 19.1 Å². The predicted octanol–water partition coefficient (Wildman–Crippen LogP) is 1.23. The third-order valence-corrected chi connectivity index (χ3v) is 4.93. The normalized spacial score (nSPS) is 17.3. The maximum atomic E-state index is 12.5. The molecule has 1 saturated heterocycles. The van der Waals surface area contributed by atoms with E-state index >= 15 is 0 Å². The Morgan fingerprint density at radius 1 is 1.35 bits per heavy atom. The van der Waals surface area contributed by atoms with Crippen LogP contribution in [0.2, 0.25) is 0 Å². The fourth-order valence-corrected chi connectivity index (χ4v) is 3.49. The van der Waals surface area contributed by atoms with Crippen molar-refractivity contribution in [3.63, 3.8) is 0 Å². The van der Waals surface area contributed by atoms with Gasteiger partial charge in [0.1, 0.15) is 0 Å². The van der Waals surface area contributed by atoms with Crippen LogP contribution in [0.15, 0.2) is 24.3 Å². The van der Waals surface area contributed by atoms with Crippen molar-refractivity contribution in [1.82, 2.24) is 16.0 Å². The summed E-state index contributed by atoms with van der Waals surface area (Å²) in [6.45, 7) is 5.01. The average Bonchev–Trinajstić information content (AvgIpc) is 2.60. The average molecular weight is 362 g/mol. The van der Waals surface area contributed by atoms with E-state index in [0.29, 0.717) is 13.2 Å². The van der Waals surface area contributed by atoms with Crippen molar-refractivity contribution in [1.29, 1.82) is 0 Å². The number of urea groups is 1. The summed E-state index contributed by atoms with van der Waals surface area (Å²) in [6.07, 6.45) is 2.07. The molecule has 0 bridgehead atoms. The maximum Gasteiger partial charge on any atom is 0.312 e. The first-order valence-corrected chi connectivity index (χ1v) is 9.03. The van der Waals surface area contributed by atoms with Crippen molar-refractivity contribution in [2.75, 3.05) is 33.4 Å². The zero-order valence-corrected chi connectivity index (χ0v) is 15.6. The van der Waals surface area contributed by atoms with Gasteiger partial charge in [-0.05, 0) is 38.4 Å². The van der Waals surface area contributed by atoms with E-state index in [2.05, 4.69) is 16.0 Å². The van der Waals surface area contributed by atoms with E-state index in [1.807, 2.05) is 31.2 Å². The van der Waals surface area contributed by atoms with Crippen molar-refractivity contribution in [3.05, 3.63) is 35.4 Å². The van der Waals surface area contributed by atoms with Crippen LogP contribution < -0.4 is 21.7 Å². The summed E-state index contributed by atoms with van der Waals surface area (Å²) in [7, 11) is 1.69. The van der Waals surface area contributed by atoms with Crippen LogP contribution in [0.4, 0.5) is 4.79 Å². The van der Waals surface area contributed by atoms with Crippen molar-refractivity contribution in [2.45, 2.75) is 32.2 Å². The number of amides is 3. The Morgan fingerprint density at radius 2 is 2.08 bits per heavy atom. The van der Waals surface area contributed by atoms with Crippen LogP contribution in [-0.2, 0) is 9.53 Å². The van der Waals surface area contributed by atoms with Gasteiger partial charge in [-0.2, -0.15) is 0 Å². The number of piperidine rings is 1. The zero-order chi connectivity index (χ0) is 19.0. The smallest absolute Gasteiger partial charge is 0.312 e. The van der Waals surface area contributed by atoms with Crippen molar-refractivity contribution in [3.8, 4) is 0 Å². The van der Waals surface area contributed by atoms with Gasteiger partial charge >= 0.3 is 6.03 Å². The van der Waals surface area contributed by atoms with E-state index < -0.39 is 12.1 Å². The molecule has 26 heavy (non-hydrogen) atoms. The van der Waals surface area contributed by atoms with Crippen LogP contribution in [0, 0.1) is 12.3 Å². The van der Waals surface area contributed by atoms with Crippen LogP contribution in [0.1, 0.15) is 36.4 Å². The minimum atomic E-state index is -0.640. The van der Waals surface area contributed by atoms with E-state index in [1.54, 1.807) is 7.11 Å². The van der Waals surface area contributed by atoms with E-state index in [9.17, 15) is 9.59 Å². The van der Waals surface area contributed by atoms with Crippen molar-refractivity contribution < 1.29 is 14.3 Å². The Labute approximate surface area is 155 Å². The molecule has 0 spiro atoms. The highest BCUT2D eigenvalue weighted by Gasteiger charge is 2.32. The van der Waals surface area contributed by atoms with Crippen LogP contribution >= 0.6 is 0 Å². The Kier molecular flexibility index (Phi) is 7.41. The molecule has 1 atom stereocenters. The van der Waals surface area contributed by atoms with Crippen LogP contribution in [0.25, 0.3) is 0 Å². The third-order valence-electron chi connectivity index (χ3n) is 4.93. The zero-order valence-electron chi connectivity index (χ0n) is 15.6. The van der Waals surface area contributed by atoms with Crippen LogP contribution in [-0.4, -0.2) is 45.3 Å². The molecule has 3 amide bonds. The van der Waals surface area contributed by atoms with Crippen molar-refractivity contribution in [2.24, 2.45) is 11.1 Å². The second-order valence-electron chi connectivity index (χ2n) is 7.14. The number of hydrogen-bond acceptors (Lipinski definition) is 4. The molecule has 2 rings (SSSR count). The standard InChI is InChI=1S/C19H30N4O3/c1-14-4-3-5-15(10-14)16(23-18(20)25)11-17(24)22-12-19(13-26-2)6-8-21-9-7-19/h3-5,10,16,21H,6-9,11-13H2,1-2H3,(H,22,24)(H3,20,23,25). The number of primary amides is 1. The molecule has 1 aliphatic rings. The van der Waals surface area contributed by atoms with Gasteiger partial charge in [0, 0.05) is 19.1 Å². The number of rotatable bonds is 8. The number of carbonyl (C=O) groups excluding carboxylic acids is 2. The number of benzene rings is 1. The molecule has 7 heteroatoms. The molecule has 0 aromatic heterocycles. The first-order chi connectivity index (χ1) is 12.4. The SMILES string of the molecule is COCC1(CNC(=O)CC(NC(N)=O)c2cccc(C)c2)CCNCC1. The second-order valence-corrected chi connectivity index (χ2v) is 7.14. The molecule has 144 valence electrons.